The standard InChI is InChI=1S/C17H23N3S/c1-12-6-7-14-13(10-12)15-16(18-11-19-17(15)21-14)20-8-4-2-3-5-9-20/h11-12H,2-10H2,1H3. The van der Waals surface area contributed by atoms with Crippen LogP contribution in [0.4, 0.5) is 5.82 Å². The minimum Gasteiger partial charge on any atom is -0.356 e. The molecule has 112 valence electrons. The van der Waals surface area contributed by atoms with E-state index in [0.717, 1.165) is 19.0 Å². The lowest BCUT2D eigenvalue weighted by molar-refractivity contribution is 0.508. The van der Waals surface area contributed by atoms with Gasteiger partial charge in [0.2, 0.25) is 0 Å². The van der Waals surface area contributed by atoms with Crippen molar-refractivity contribution in [1.82, 2.24) is 9.97 Å². The number of aryl methyl sites for hydroxylation is 1. The van der Waals surface area contributed by atoms with Gasteiger partial charge in [-0.05, 0) is 43.6 Å². The molecule has 1 saturated heterocycles. The van der Waals surface area contributed by atoms with Crippen molar-refractivity contribution in [2.75, 3.05) is 18.0 Å². The number of thiophene rings is 1. The van der Waals surface area contributed by atoms with Gasteiger partial charge in [-0.15, -0.1) is 11.3 Å². The summed E-state index contributed by atoms with van der Waals surface area (Å²) in [7, 11) is 0. The first kappa shape index (κ1) is 13.5. The summed E-state index contributed by atoms with van der Waals surface area (Å²) < 4.78 is 0. The number of hydrogen-bond acceptors (Lipinski definition) is 4. The highest BCUT2D eigenvalue weighted by Crippen LogP contribution is 2.40. The quantitative estimate of drug-likeness (QED) is 0.790. The molecule has 0 spiro atoms. The zero-order valence-corrected chi connectivity index (χ0v) is 13.6. The van der Waals surface area contributed by atoms with E-state index in [4.69, 9.17) is 4.98 Å². The van der Waals surface area contributed by atoms with Crippen molar-refractivity contribution in [2.24, 2.45) is 5.92 Å². The highest BCUT2D eigenvalue weighted by Gasteiger charge is 2.25. The average molecular weight is 301 g/mol. The molecule has 21 heavy (non-hydrogen) atoms. The van der Waals surface area contributed by atoms with Crippen LogP contribution in [-0.2, 0) is 12.8 Å². The number of fused-ring (bicyclic) bond motifs is 3. The van der Waals surface area contributed by atoms with Crippen LogP contribution in [0.25, 0.3) is 10.2 Å². The Hall–Kier alpha value is -1.16. The molecule has 1 aliphatic heterocycles. The minimum absolute atomic E-state index is 0.799. The minimum atomic E-state index is 0.799. The average Bonchev–Trinajstić information content (AvgIpc) is 2.69. The number of nitrogens with zero attached hydrogens (tertiary/aromatic N) is 3. The van der Waals surface area contributed by atoms with Crippen molar-refractivity contribution in [3.63, 3.8) is 0 Å². The van der Waals surface area contributed by atoms with Gasteiger partial charge in [0.1, 0.15) is 17.0 Å². The number of rotatable bonds is 1. The van der Waals surface area contributed by atoms with Crippen LogP contribution in [0.15, 0.2) is 6.33 Å². The van der Waals surface area contributed by atoms with E-state index in [2.05, 4.69) is 16.8 Å². The summed E-state index contributed by atoms with van der Waals surface area (Å²) >= 11 is 1.91. The van der Waals surface area contributed by atoms with E-state index in [1.54, 1.807) is 16.8 Å². The van der Waals surface area contributed by atoms with E-state index in [9.17, 15) is 0 Å². The summed E-state index contributed by atoms with van der Waals surface area (Å²) in [5.74, 6) is 2.01. The normalized spacial score (nSPS) is 23.1. The van der Waals surface area contributed by atoms with Crippen LogP contribution in [0, 0.1) is 5.92 Å². The molecule has 0 bridgehead atoms. The van der Waals surface area contributed by atoms with Gasteiger partial charge in [0.25, 0.3) is 0 Å². The van der Waals surface area contributed by atoms with Crippen LogP contribution >= 0.6 is 11.3 Å². The van der Waals surface area contributed by atoms with Gasteiger partial charge in [0, 0.05) is 18.0 Å². The Morgan fingerprint density at radius 1 is 1.14 bits per heavy atom. The lowest BCUT2D eigenvalue weighted by atomic mass is 9.88. The third-order valence-corrected chi connectivity index (χ3v) is 6.17. The number of aromatic nitrogens is 2. The van der Waals surface area contributed by atoms with Crippen molar-refractivity contribution in [2.45, 2.75) is 51.9 Å². The van der Waals surface area contributed by atoms with Gasteiger partial charge in [-0.25, -0.2) is 9.97 Å². The van der Waals surface area contributed by atoms with Gasteiger partial charge < -0.3 is 4.90 Å². The molecule has 0 saturated carbocycles. The highest BCUT2D eigenvalue weighted by molar-refractivity contribution is 7.19. The van der Waals surface area contributed by atoms with E-state index >= 15 is 0 Å². The Kier molecular flexibility index (Phi) is 3.57. The van der Waals surface area contributed by atoms with E-state index in [0.29, 0.717) is 0 Å². The molecular weight excluding hydrogens is 278 g/mol. The highest BCUT2D eigenvalue weighted by atomic mass is 32.1. The van der Waals surface area contributed by atoms with Crippen molar-refractivity contribution in [3.05, 3.63) is 16.8 Å². The van der Waals surface area contributed by atoms with Gasteiger partial charge in [0.05, 0.1) is 5.39 Å². The smallest absolute Gasteiger partial charge is 0.141 e. The molecule has 1 fully saturated rings. The molecule has 1 unspecified atom stereocenters. The van der Waals surface area contributed by atoms with Crippen LogP contribution in [0.2, 0.25) is 0 Å². The summed E-state index contributed by atoms with van der Waals surface area (Å²) in [6, 6.07) is 0. The van der Waals surface area contributed by atoms with Gasteiger partial charge in [0.15, 0.2) is 0 Å². The maximum atomic E-state index is 4.70. The largest absolute Gasteiger partial charge is 0.356 e. The van der Waals surface area contributed by atoms with Crippen molar-refractivity contribution in [3.8, 4) is 0 Å². The molecule has 2 aliphatic rings. The zero-order valence-electron chi connectivity index (χ0n) is 12.8. The third kappa shape index (κ3) is 2.44. The summed E-state index contributed by atoms with van der Waals surface area (Å²) in [5, 5.41) is 1.38. The van der Waals surface area contributed by atoms with Crippen molar-refractivity contribution in [1.29, 1.82) is 0 Å². The van der Waals surface area contributed by atoms with Crippen LogP contribution in [0.3, 0.4) is 0 Å². The lowest BCUT2D eigenvalue weighted by Crippen LogP contribution is -2.25. The Morgan fingerprint density at radius 2 is 1.95 bits per heavy atom. The fraction of sp³-hybridized carbons (Fsp3) is 0.647. The molecular formula is C17H23N3S. The molecule has 0 radical (unpaired) electrons. The molecule has 3 heterocycles. The van der Waals surface area contributed by atoms with Crippen molar-refractivity contribution < 1.29 is 0 Å². The van der Waals surface area contributed by atoms with E-state index in [-0.39, 0.29) is 0 Å². The molecule has 0 N–H and O–H groups in total. The monoisotopic (exact) mass is 301 g/mol. The predicted octanol–water partition coefficient (Wildman–Crippen LogP) is 4.20. The Balaban J connectivity index is 1.83. The summed E-state index contributed by atoms with van der Waals surface area (Å²) in [4.78, 5) is 14.6. The fourth-order valence-corrected chi connectivity index (χ4v) is 4.97. The maximum absolute atomic E-state index is 4.70. The lowest BCUT2D eigenvalue weighted by Gasteiger charge is -2.24. The first-order chi connectivity index (χ1) is 10.3. The van der Waals surface area contributed by atoms with Gasteiger partial charge in [-0.3, -0.25) is 0 Å². The third-order valence-electron chi connectivity index (χ3n) is 4.97. The predicted molar refractivity (Wildman–Crippen MR) is 89.3 cm³/mol. The first-order valence-corrected chi connectivity index (χ1v) is 9.15. The van der Waals surface area contributed by atoms with Gasteiger partial charge in [-0.2, -0.15) is 0 Å². The molecule has 4 rings (SSSR count). The molecule has 0 aromatic carbocycles. The van der Waals surface area contributed by atoms with Crippen LogP contribution in [-0.4, -0.2) is 23.1 Å². The number of hydrogen-bond donors (Lipinski definition) is 0. The Bertz CT molecular complexity index is 641. The Morgan fingerprint density at radius 3 is 2.76 bits per heavy atom. The van der Waals surface area contributed by atoms with E-state index in [1.165, 1.54) is 61.0 Å². The molecule has 3 nitrogen and oxygen atoms in total. The fourth-order valence-electron chi connectivity index (χ4n) is 3.79. The molecule has 2 aromatic heterocycles. The topological polar surface area (TPSA) is 29.0 Å². The second-order valence-corrected chi connectivity index (χ2v) is 7.71. The second-order valence-electron chi connectivity index (χ2n) is 6.63. The molecule has 0 amide bonds. The molecule has 2 aromatic rings. The maximum Gasteiger partial charge on any atom is 0.141 e. The number of anilines is 1. The summed E-state index contributed by atoms with van der Waals surface area (Å²) in [5.41, 5.74) is 1.56. The van der Waals surface area contributed by atoms with Crippen molar-refractivity contribution >= 4 is 27.4 Å². The Labute approximate surface area is 130 Å². The van der Waals surface area contributed by atoms with Gasteiger partial charge >= 0.3 is 0 Å². The second kappa shape index (κ2) is 5.56. The molecule has 1 atom stereocenters. The van der Waals surface area contributed by atoms with Gasteiger partial charge in [-0.1, -0.05) is 19.8 Å². The van der Waals surface area contributed by atoms with Crippen LogP contribution < -0.4 is 4.90 Å². The SMILES string of the molecule is CC1CCc2sc3ncnc(N4CCCCCC4)c3c2C1. The van der Waals surface area contributed by atoms with E-state index < -0.39 is 0 Å². The summed E-state index contributed by atoms with van der Waals surface area (Å²) in [6.45, 7) is 4.69. The van der Waals surface area contributed by atoms with Crippen LogP contribution in [0.5, 0.6) is 0 Å². The first-order valence-electron chi connectivity index (χ1n) is 8.33. The zero-order chi connectivity index (χ0) is 14.2. The summed E-state index contributed by atoms with van der Waals surface area (Å²) in [6.07, 6.45) is 10.9. The van der Waals surface area contributed by atoms with E-state index in [1.807, 2.05) is 11.3 Å². The molecule has 1 aliphatic carbocycles. The molecule has 4 heteroatoms. The van der Waals surface area contributed by atoms with Crippen LogP contribution in [0.1, 0.15) is 49.5 Å².